The van der Waals surface area contributed by atoms with Gasteiger partial charge in [-0.3, -0.25) is 9.97 Å². The van der Waals surface area contributed by atoms with Crippen LogP contribution in [0.1, 0.15) is 32.6 Å². The topological polar surface area (TPSA) is 60.4 Å². The first kappa shape index (κ1) is 24.1. The van der Waals surface area contributed by atoms with Gasteiger partial charge in [0.25, 0.3) is 0 Å². The number of unbranched alkanes of at least 4 members (excludes halogenated alkanes) is 3. The largest absolute Gasteiger partial charge is 0.477 e. The molecule has 0 fully saturated rings. The summed E-state index contributed by atoms with van der Waals surface area (Å²) < 4.78 is 12.4. The number of aromatic nitrogens is 3. The summed E-state index contributed by atoms with van der Waals surface area (Å²) in [5.74, 6) is 2.33. The van der Waals surface area contributed by atoms with Gasteiger partial charge in [-0.25, -0.2) is 0 Å². The van der Waals surface area contributed by atoms with Crippen molar-refractivity contribution in [2.75, 3.05) is 11.5 Å². The third kappa shape index (κ3) is 4.85. The van der Waals surface area contributed by atoms with Crippen LogP contribution in [-0.4, -0.2) is 21.6 Å². The smallest absolute Gasteiger partial charge is 0.233 e. The Morgan fingerprint density at radius 1 is 0.842 bits per heavy atom. The minimum atomic E-state index is 0.649. The maximum absolute atomic E-state index is 6.20. The molecule has 0 bridgehead atoms. The highest BCUT2D eigenvalue weighted by Crippen LogP contribution is 2.50. The molecular formula is C31H28N4O2S. The second-order valence-corrected chi connectivity index (χ2v) is 10.1. The Hall–Kier alpha value is -4.23. The molecule has 1 aliphatic heterocycles. The predicted octanol–water partition coefficient (Wildman–Crippen LogP) is 8.80. The lowest BCUT2D eigenvalue weighted by molar-refractivity contribution is 0.297. The average Bonchev–Trinajstić information content (AvgIpc) is 3.40. The first-order chi connectivity index (χ1) is 18.8. The van der Waals surface area contributed by atoms with Crippen LogP contribution in [-0.2, 0) is 0 Å². The lowest BCUT2D eigenvalue weighted by Crippen LogP contribution is -2.15. The lowest BCUT2D eigenvalue weighted by Gasteiger charge is -2.32. The highest BCUT2D eigenvalue weighted by molar-refractivity contribution is 7.18. The van der Waals surface area contributed by atoms with Crippen molar-refractivity contribution < 1.29 is 9.47 Å². The molecule has 7 heteroatoms. The molecule has 0 unspecified atom stereocenters. The predicted molar refractivity (Wildman–Crippen MR) is 153 cm³/mol. The molecular weight excluding hydrogens is 492 g/mol. The van der Waals surface area contributed by atoms with Gasteiger partial charge in [0.2, 0.25) is 5.88 Å². The van der Waals surface area contributed by atoms with Gasteiger partial charge in [0, 0.05) is 18.1 Å². The van der Waals surface area contributed by atoms with Gasteiger partial charge in [0.05, 0.1) is 29.1 Å². The molecule has 0 N–H and O–H groups in total. The standard InChI is InChI=1S/C31H28N4O2S/c1-2-3-4-9-20-36-30-29(38-31(34-30)24-21-32-18-19-33-24)22-14-16-23(17-15-22)35-25-10-5-7-12-27(25)37-28-13-8-6-11-26(28)35/h5-8,10-19,21H,2-4,9,20H2,1H3. The molecule has 3 heterocycles. The summed E-state index contributed by atoms with van der Waals surface area (Å²) >= 11 is 1.58. The molecule has 6 rings (SSSR count). The second-order valence-electron chi connectivity index (χ2n) is 9.07. The Bertz CT molecular complexity index is 1470. The Morgan fingerprint density at radius 3 is 2.26 bits per heavy atom. The molecule has 6 nitrogen and oxygen atoms in total. The van der Waals surface area contributed by atoms with Crippen LogP contribution in [0.15, 0.2) is 91.4 Å². The summed E-state index contributed by atoms with van der Waals surface area (Å²) in [6.45, 7) is 2.86. The van der Waals surface area contributed by atoms with Crippen LogP contribution in [0.3, 0.4) is 0 Å². The van der Waals surface area contributed by atoms with Crippen LogP contribution in [0.2, 0.25) is 0 Å². The summed E-state index contributed by atoms with van der Waals surface area (Å²) in [6, 6.07) is 24.8. The fourth-order valence-corrected chi connectivity index (χ4v) is 5.53. The minimum absolute atomic E-state index is 0.649. The number of ether oxygens (including phenoxy) is 2. The van der Waals surface area contributed by atoms with Gasteiger partial charge in [-0.05, 0) is 48.4 Å². The molecule has 0 spiro atoms. The van der Waals surface area contributed by atoms with Gasteiger partial charge in [0.1, 0.15) is 10.7 Å². The van der Waals surface area contributed by atoms with Crippen LogP contribution < -0.4 is 14.4 Å². The monoisotopic (exact) mass is 520 g/mol. The van der Waals surface area contributed by atoms with E-state index in [1.165, 1.54) is 12.8 Å². The molecule has 0 saturated heterocycles. The Balaban J connectivity index is 1.34. The van der Waals surface area contributed by atoms with E-state index < -0.39 is 0 Å². The van der Waals surface area contributed by atoms with E-state index >= 15 is 0 Å². The fourth-order valence-electron chi connectivity index (χ4n) is 4.55. The van der Waals surface area contributed by atoms with Crippen LogP contribution >= 0.6 is 11.3 Å². The number of hydrogen-bond donors (Lipinski definition) is 0. The maximum atomic E-state index is 6.20. The van der Waals surface area contributed by atoms with E-state index in [2.05, 4.69) is 58.2 Å². The zero-order chi connectivity index (χ0) is 25.7. The SMILES string of the molecule is CCCCCCOc1nc(-c2cnccn2)sc1-c1ccc(N2c3ccccc3Oc3ccccc32)cc1. The van der Waals surface area contributed by atoms with Gasteiger partial charge < -0.3 is 14.4 Å². The van der Waals surface area contributed by atoms with Crippen LogP contribution in [0.25, 0.3) is 21.1 Å². The summed E-state index contributed by atoms with van der Waals surface area (Å²) in [6.07, 6.45) is 9.68. The number of benzene rings is 3. The van der Waals surface area contributed by atoms with Crippen LogP contribution in [0, 0.1) is 0 Å². The summed E-state index contributed by atoms with van der Waals surface area (Å²) in [5.41, 5.74) is 4.88. The summed E-state index contributed by atoms with van der Waals surface area (Å²) in [4.78, 5) is 16.7. The van der Waals surface area contributed by atoms with Crippen molar-refractivity contribution in [1.29, 1.82) is 0 Å². The van der Waals surface area contributed by atoms with E-state index in [0.717, 1.165) is 62.5 Å². The van der Waals surface area contributed by atoms with Crippen molar-refractivity contribution in [1.82, 2.24) is 15.0 Å². The normalized spacial score (nSPS) is 12.0. The van der Waals surface area contributed by atoms with Crippen molar-refractivity contribution in [3.8, 4) is 38.5 Å². The van der Waals surface area contributed by atoms with E-state index in [1.807, 2.05) is 36.4 Å². The maximum Gasteiger partial charge on any atom is 0.233 e. The fraction of sp³-hybridized carbons (Fsp3) is 0.194. The molecule has 38 heavy (non-hydrogen) atoms. The molecule has 0 radical (unpaired) electrons. The molecule has 0 amide bonds. The van der Waals surface area contributed by atoms with Gasteiger partial charge in [-0.15, -0.1) is 11.3 Å². The molecule has 190 valence electrons. The molecule has 2 aromatic heterocycles. The zero-order valence-corrected chi connectivity index (χ0v) is 22.0. The number of anilines is 3. The Morgan fingerprint density at radius 2 is 1.58 bits per heavy atom. The molecule has 3 aromatic carbocycles. The first-order valence-corrected chi connectivity index (χ1v) is 13.8. The van der Waals surface area contributed by atoms with Gasteiger partial charge in [-0.2, -0.15) is 4.98 Å². The summed E-state index contributed by atoms with van der Waals surface area (Å²) in [5, 5.41) is 0.803. The van der Waals surface area contributed by atoms with Gasteiger partial charge in [-0.1, -0.05) is 62.6 Å². The zero-order valence-electron chi connectivity index (χ0n) is 21.2. The van der Waals surface area contributed by atoms with E-state index in [0.29, 0.717) is 12.5 Å². The van der Waals surface area contributed by atoms with E-state index in [4.69, 9.17) is 14.5 Å². The van der Waals surface area contributed by atoms with Gasteiger partial charge in [0.15, 0.2) is 11.5 Å². The number of nitrogens with zero attached hydrogens (tertiary/aromatic N) is 4. The highest BCUT2D eigenvalue weighted by Gasteiger charge is 2.25. The number of thiazole rings is 1. The molecule has 5 aromatic rings. The Labute approximate surface area is 226 Å². The number of rotatable bonds is 9. The quantitative estimate of drug-likeness (QED) is 0.178. The number of para-hydroxylation sites is 4. The lowest BCUT2D eigenvalue weighted by atomic mass is 10.1. The van der Waals surface area contributed by atoms with Crippen molar-refractivity contribution in [3.63, 3.8) is 0 Å². The van der Waals surface area contributed by atoms with Crippen LogP contribution in [0.5, 0.6) is 17.4 Å². The molecule has 0 saturated carbocycles. The van der Waals surface area contributed by atoms with Crippen molar-refractivity contribution >= 4 is 28.4 Å². The molecule has 1 aliphatic rings. The van der Waals surface area contributed by atoms with Crippen molar-refractivity contribution in [2.45, 2.75) is 32.6 Å². The minimum Gasteiger partial charge on any atom is -0.477 e. The van der Waals surface area contributed by atoms with Crippen molar-refractivity contribution in [2.24, 2.45) is 0 Å². The highest BCUT2D eigenvalue weighted by atomic mass is 32.1. The first-order valence-electron chi connectivity index (χ1n) is 13.0. The summed E-state index contributed by atoms with van der Waals surface area (Å²) in [7, 11) is 0. The van der Waals surface area contributed by atoms with E-state index in [1.54, 1.807) is 29.9 Å². The molecule has 0 atom stereocenters. The Kier molecular flexibility index (Phi) is 7.00. The van der Waals surface area contributed by atoms with Crippen LogP contribution in [0.4, 0.5) is 17.1 Å². The number of fused-ring (bicyclic) bond motifs is 2. The average molecular weight is 521 g/mol. The van der Waals surface area contributed by atoms with E-state index in [-0.39, 0.29) is 0 Å². The third-order valence-corrected chi connectivity index (χ3v) is 7.54. The van der Waals surface area contributed by atoms with Crippen molar-refractivity contribution in [3.05, 3.63) is 91.4 Å². The second kappa shape index (κ2) is 11.0. The third-order valence-electron chi connectivity index (χ3n) is 6.43. The van der Waals surface area contributed by atoms with E-state index in [9.17, 15) is 0 Å². The number of hydrogen-bond acceptors (Lipinski definition) is 7. The van der Waals surface area contributed by atoms with Gasteiger partial charge >= 0.3 is 0 Å². The molecule has 0 aliphatic carbocycles.